The van der Waals surface area contributed by atoms with Crippen LogP contribution < -0.4 is 4.90 Å². The topological polar surface area (TPSA) is 62.1 Å². The first-order chi connectivity index (χ1) is 15.5. The number of benzene rings is 3. The van der Waals surface area contributed by atoms with Crippen molar-refractivity contribution in [3.05, 3.63) is 99.6 Å². The lowest BCUT2D eigenvalue weighted by atomic mass is 9.45. The molecule has 2 aliphatic heterocycles. The molecule has 2 amide bonds. The molecule has 5 nitrogen and oxygen atoms in total. The molecule has 3 aromatic rings. The first-order valence-electron chi connectivity index (χ1n) is 10.7. The summed E-state index contributed by atoms with van der Waals surface area (Å²) in [6.07, 6.45) is 0. The number of amides is 2. The van der Waals surface area contributed by atoms with Crippen LogP contribution >= 0.6 is 11.6 Å². The van der Waals surface area contributed by atoms with Crippen LogP contribution in [0.5, 0.6) is 0 Å². The van der Waals surface area contributed by atoms with E-state index in [1.807, 2.05) is 37.3 Å². The molecule has 8 rings (SSSR count). The Kier molecular flexibility index (Phi) is 3.27. The largest absolute Gasteiger partial charge is 0.273 e. The first kappa shape index (κ1) is 18.3. The number of nitrogens with zero attached hydrogens (tertiary/aromatic N) is 3. The van der Waals surface area contributed by atoms with Crippen LogP contribution in [-0.4, -0.2) is 23.9 Å². The molecule has 0 radical (unpaired) electrons. The van der Waals surface area contributed by atoms with E-state index in [9.17, 15) is 9.59 Å². The number of hydrogen-bond donors (Lipinski definition) is 0. The van der Waals surface area contributed by atoms with E-state index in [1.165, 1.54) is 4.90 Å². The lowest BCUT2D eigenvalue weighted by Crippen LogP contribution is -2.61. The third-order valence-electron chi connectivity index (χ3n) is 7.90. The summed E-state index contributed by atoms with van der Waals surface area (Å²) in [6, 6.07) is 21.6. The number of carbonyl (C=O) groups excluding carboxylic acids is 2. The number of hydrogen-bond acceptors (Lipinski definition) is 4. The number of halogens is 1. The van der Waals surface area contributed by atoms with Crippen LogP contribution in [0.25, 0.3) is 0 Å². The van der Waals surface area contributed by atoms with Gasteiger partial charge in [-0.25, -0.2) is 4.90 Å². The Labute approximate surface area is 189 Å². The lowest BCUT2D eigenvalue weighted by Gasteiger charge is -2.54. The van der Waals surface area contributed by atoms with Crippen LogP contribution in [0.2, 0.25) is 5.02 Å². The van der Waals surface area contributed by atoms with Crippen molar-refractivity contribution in [2.45, 2.75) is 24.3 Å². The Morgan fingerprint density at radius 1 is 0.875 bits per heavy atom. The minimum atomic E-state index is -1.27. The maximum absolute atomic E-state index is 14.3. The van der Waals surface area contributed by atoms with Crippen LogP contribution in [-0.2, 0) is 9.59 Å². The molecular formula is C26H18ClN3O2. The third kappa shape index (κ3) is 1.74. The van der Waals surface area contributed by atoms with Gasteiger partial charge in [-0.15, -0.1) is 0 Å². The molecule has 2 unspecified atom stereocenters. The van der Waals surface area contributed by atoms with Gasteiger partial charge < -0.3 is 0 Å². The summed E-state index contributed by atoms with van der Waals surface area (Å²) >= 11 is 6.38. The average molecular weight is 440 g/mol. The van der Waals surface area contributed by atoms with E-state index in [2.05, 4.69) is 34.5 Å². The van der Waals surface area contributed by atoms with Crippen LogP contribution in [0, 0.1) is 12.3 Å². The Hall–Kier alpha value is -3.31. The zero-order chi connectivity index (χ0) is 21.8. The number of anilines is 1. The summed E-state index contributed by atoms with van der Waals surface area (Å²) in [5.41, 5.74) is 3.39. The highest BCUT2D eigenvalue weighted by molar-refractivity contribution is 6.33. The Bertz CT molecular complexity index is 1370. The van der Waals surface area contributed by atoms with Crippen LogP contribution in [0.4, 0.5) is 5.69 Å². The highest BCUT2D eigenvalue weighted by Crippen LogP contribution is 2.72. The Morgan fingerprint density at radius 2 is 1.47 bits per heavy atom. The van der Waals surface area contributed by atoms with Gasteiger partial charge in [-0.3, -0.25) is 9.59 Å². The van der Waals surface area contributed by atoms with Crippen molar-refractivity contribution in [3.63, 3.8) is 0 Å². The zero-order valence-corrected chi connectivity index (χ0v) is 18.0. The highest BCUT2D eigenvalue weighted by atomic mass is 35.5. The summed E-state index contributed by atoms with van der Waals surface area (Å²) in [5, 5.41) is 9.56. The molecule has 1 fully saturated rings. The second kappa shape index (κ2) is 5.73. The molecule has 1 saturated heterocycles. The summed E-state index contributed by atoms with van der Waals surface area (Å²) in [6.45, 7) is 2.10. The molecule has 2 heterocycles. The molecule has 0 saturated carbocycles. The van der Waals surface area contributed by atoms with Gasteiger partial charge in [0.05, 0.1) is 12.2 Å². The van der Waals surface area contributed by atoms with Gasteiger partial charge in [0.25, 0.3) is 5.91 Å². The predicted molar refractivity (Wildman–Crippen MR) is 120 cm³/mol. The predicted octanol–water partition coefficient (Wildman–Crippen LogP) is 5.00. The molecule has 0 aromatic heterocycles. The van der Waals surface area contributed by atoms with E-state index in [1.54, 1.807) is 12.1 Å². The van der Waals surface area contributed by atoms with E-state index >= 15 is 0 Å². The maximum Gasteiger partial charge on any atom is 0.265 e. The smallest absolute Gasteiger partial charge is 0.265 e. The summed E-state index contributed by atoms with van der Waals surface area (Å²) in [5.74, 6) is -1.17. The molecule has 2 atom stereocenters. The van der Waals surface area contributed by atoms with Gasteiger partial charge in [0.2, 0.25) is 5.91 Å². The zero-order valence-electron chi connectivity index (χ0n) is 17.2. The third-order valence-corrected chi connectivity index (χ3v) is 8.31. The van der Waals surface area contributed by atoms with Crippen molar-refractivity contribution in [3.8, 4) is 0 Å². The maximum atomic E-state index is 14.3. The molecule has 3 aliphatic carbocycles. The molecule has 32 heavy (non-hydrogen) atoms. The number of azo groups is 1. The average Bonchev–Trinajstić information content (AvgIpc) is 3.31. The van der Waals surface area contributed by atoms with Gasteiger partial charge in [0, 0.05) is 16.9 Å². The summed E-state index contributed by atoms with van der Waals surface area (Å²) in [7, 11) is 0. The van der Waals surface area contributed by atoms with Crippen LogP contribution in [0.15, 0.2) is 77.0 Å². The summed E-state index contributed by atoms with van der Waals surface area (Å²) in [4.78, 5) is 29.9. The van der Waals surface area contributed by atoms with Crippen molar-refractivity contribution >= 4 is 29.1 Å². The molecule has 0 N–H and O–H groups in total. The Morgan fingerprint density at radius 3 is 2.06 bits per heavy atom. The second-order valence-corrected chi connectivity index (χ2v) is 9.55. The fourth-order valence-corrected chi connectivity index (χ4v) is 6.79. The molecule has 156 valence electrons. The number of imide groups is 1. The van der Waals surface area contributed by atoms with Crippen molar-refractivity contribution in [2.24, 2.45) is 15.6 Å². The second-order valence-electron chi connectivity index (χ2n) is 9.14. The van der Waals surface area contributed by atoms with E-state index in [0.717, 1.165) is 27.8 Å². The number of carbonyl (C=O) groups is 2. The van der Waals surface area contributed by atoms with E-state index < -0.39 is 11.0 Å². The van der Waals surface area contributed by atoms with Gasteiger partial charge in [0.1, 0.15) is 5.41 Å². The fraction of sp³-hybridized carbons (Fsp3) is 0.231. The quantitative estimate of drug-likeness (QED) is 0.501. The van der Waals surface area contributed by atoms with E-state index in [4.69, 9.17) is 11.6 Å². The SMILES string of the molecule is Cc1ccc(N2C(=O)C34CN=NC3(C2=O)C2c3ccccc3C4c3ccccc32)cc1Cl. The molecule has 5 aliphatic rings. The summed E-state index contributed by atoms with van der Waals surface area (Å²) < 4.78 is 0. The first-order valence-corrected chi connectivity index (χ1v) is 11.1. The molecular weight excluding hydrogens is 422 g/mol. The van der Waals surface area contributed by atoms with Gasteiger partial charge in [-0.2, -0.15) is 10.2 Å². The minimum Gasteiger partial charge on any atom is -0.273 e. The molecule has 6 heteroatoms. The van der Waals surface area contributed by atoms with Gasteiger partial charge in [0.15, 0.2) is 5.54 Å². The minimum absolute atomic E-state index is 0.206. The van der Waals surface area contributed by atoms with Gasteiger partial charge >= 0.3 is 0 Å². The van der Waals surface area contributed by atoms with Crippen LogP contribution in [0.1, 0.15) is 39.7 Å². The van der Waals surface area contributed by atoms with E-state index in [-0.39, 0.29) is 30.2 Å². The number of aryl methyl sites for hydroxylation is 1. The van der Waals surface area contributed by atoms with Crippen molar-refractivity contribution in [1.82, 2.24) is 0 Å². The van der Waals surface area contributed by atoms with E-state index in [0.29, 0.717) is 10.7 Å². The fourth-order valence-electron chi connectivity index (χ4n) is 6.61. The van der Waals surface area contributed by atoms with Crippen molar-refractivity contribution in [2.75, 3.05) is 11.4 Å². The number of rotatable bonds is 1. The normalized spacial score (nSPS) is 30.9. The van der Waals surface area contributed by atoms with Gasteiger partial charge in [-0.1, -0.05) is 66.2 Å². The standard InChI is InChI=1S/C26H18ClN3O2/c1-14-10-11-15(12-20(14)27)30-23(31)25-13-28-29-26(25,24(30)32)22-18-8-4-2-6-16(18)21(25)17-7-3-5-9-19(17)22/h2-12,21-22H,13H2,1H3. The Balaban J connectivity index is 1.56. The molecule has 0 spiro atoms. The molecule has 2 bridgehead atoms. The van der Waals surface area contributed by atoms with Crippen molar-refractivity contribution in [1.29, 1.82) is 0 Å². The monoisotopic (exact) mass is 439 g/mol. The van der Waals surface area contributed by atoms with Crippen LogP contribution in [0.3, 0.4) is 0 Å². The van der Waals surface area contributed by atoms with Gasteiger partial charge in [-0.05, 0) is 46.9 Å². The molecule has 3 aromatic carbocycles. The van der Waals surface area contributed by atoms with Crippen molar-refractivity contribution < 1.29 is 9.59 Å². The lowest BCUT2D eigenvalue weighted by molar-refractivity contribution is -0.129. The highest BCUT2D eigenvalue weighted by Gasteiger charge is 2.82.